The molecule has 0 saturated carbocycles. The number of anilines is 1. The molecule has 1 fully saturated rings. The molecule has 3 rings (SSSR count). The third-order valence-corrected chi connectivity index (χ3v) is 6.37. The Kier molecular flexibility index (Phi) is 5.94. The van der Waals surface area contributed by atoms with Gasteiger partial charge in [-0.1, -0.05) is 11.2 Å². The van der Waals surface area contributed by atoms with Crippen molar-refractivity contribution in [1.82, 2.24) is 14.4 Å². The molecule has 1 aromatic carbocycles. The van der Waals surface area contributed by atoms with E-state index in [0.717, 1.165) is 12.5 Å². The number of halogens is 3. The van der Waals surface area contributed by atoms with Crippen molar-refractivity contribution in [3.8, 4) is 0 Å². The van der Waals surface area contributed by atoms with Crippen molar-refractivity contribution in [1.29, 1.82) is 0 Å². The third-order valence-electron chi connectivity index (χ3n) is 4.51. The fraction of sp³-hybridized carbons (Fsp3) is 0.471. The van der Waals surface area contributed by atoms with Gasteiger partial charge in [-0.05, 0) is 37.0 Å². The maximum absolute atomic E-state index is 13.0. The van der Waals surface area contributed by atoms with Crippen LogP contribution in [0.4, 0.5) is 18.9 Å². The molecular formula is C17H19F3N4O4S. The zero-order chi connectivity index (χ0) is 21.2. The van der Waals surface area contributed by atoms with Gasteiger partial charge < -0.3 is 9.84 Å². The van der Waals surface area contributed by atoms with Gasteiger partial charge >= 0.3 is 12.1 Å². The van der Waals surface area contributed by atoms with Crippen LogP contribution in [0.15, 0.2) is 33.7 Å². The van der Waals surface area contributed by atoms with Crippen LogP contribution in [0.25, 0.3) is 0 Å². The summed E-state index contributed by atoms with van der Waals surface area (Å²) in [5.41, 5.74) is -0.246. The molecular weight excluding hydrogens is 413 g/mol. The van der Waals surface area contributed by atoms with Gasteiger partial charge in [-0.25, -0.2) is 8.42 Å². The van der Waals surface area contributed by atoms with Gasteiger partial charge in [-0.3, -0.25) is 4.79 Å². The van der Waals surface area contributed by atoms with E-state index in [0.29, 0.717) is 31.1 Å². The summed E-state index contributed by atoms with van der Waals surface area (Å²) in [7, 11) is -3.94. The van der Waals surface area contributed by atoms with Crippen molar-refractivity contribution in [2.75, 3.05) is 18.4 Å². The summed E-state index contributed by atoms with van der Waals surface area (Å²) in [4.78, 5) is 15.0. The Morgan fingerprint density at radius 2 is 2.14 bits per heavy atom. The molecule has 2 heterocycles. The van der Waals surface area contributed by atoms with E-state index in [4.69, 9.17) is 4.52 Å². The van der Waals surface area contributed by atoms with Crippen LogP contribution in [0.2, 0.25) is 0 Å². The van der Waals surface area contributed by atoms with Crippen LogP contribution >= 0.6 is 0 Å². The van der Waals surface area contributed by atoms with Crippen molar-refractivity contribution >= 4 is 21.6 Å². The number of alkyl halides is 3. The number of piperidine rings is 1. The summed E-state index contributed by atoms with van der Waals surface area (Å²) in [6, 6.07) is 4.78. The highest BCUT2D eigenvalue weighted by molar-refractivity contribution is 7.89. The fourth-order valence-electron chi connectivity index (χ4n) is 3.18. The number of benzene rings is 1. The second-order valence-corrected chi connectivity index (χ2v) is 8.72. The Balaban J connectivity index is 1.74. The van der Waals surface area contributed by atoms with Gasteiger partial charge in [0.1, 0.15) is 0 Å². The highest BCUT2D eigenvalue weighted by Gasteiger charge is 2.39. The van der Waals surface area contributed by atoms with Crippen molar-refractivity contribution < 1.29 is 30.9 Å². The van der Waals surface area contributed by atoms with Crippen LogP contribution in [0.5, 0.6) is 0 Å². The van der Waals surface area contributed by atoms with Crippen LogP contribution in [-0.4, -0.2) is 48.0 Å². The van der Waals surface area contributed by atoms with Crippen molar-refractivity contribution in [2.24, 2.45) is 5.92 Å². The van der Waals surface area contributed by atoms with Crippen LogP contribution in [0, 0.1) is 12.8 Å². The minimum atomic E-state index is -5.07. The lowest BCUT2D eigenvalue weighted by Gasteiger charge is -2.31. The first-order valence-electron chi connectivity index (χ1n) is 8.83. The zero-order valence-corrected chi connectivity index (χ0v) is 16.3. The molecule has 0 aliphatic carbocycles. The van der Waals surface area contributed by atoms with Crippen molar-refractivity contribution in [3.63, 3.8) is 0 Å². The number of carbonyl (C=O) groups is 1. The number of aromatic nitrogens is 2. The number of aryl methyl sites for hydroxylation is 1. The lowest BCUT2D eigenvalue weighted by atomic mass is 9.96. The minimum Gasteiger partial charge on any atom is -0.340 e. The normalized spacial score (nSPS) is 18.6. The van der Waals surface area contributed by atoms with E-state index in [-0.39, 0.29) is 23.0 Å². The Morgan fingerprint density at radius 1 is 1.38 bits per heavy atom. The average Bonchev–Trinajstić information content (AvgIpc) is 3.06. The quantitative estimate of drug-likeness (QED) is 0.778. The molecule has 1 aromatic heterocycles. The van der Waals surface area contributed by atoms with E-state index in [1.165, 1.54) is 22.5 Å². The molecule has 1 atom stereocenters. The van der Waals surface area contributed by atoms with Crippen LogP contribution in [-0.2, 0) is 21.2 Å². The number of sulfonamides is 1. The Labute approximate surface area is 165 Å². The van der Waals surface area contributed by atoms with Gasteiger partial charge in [0.2, 0.25) is 15.9 Å². The first-order chi connectivity index (χ1) is 13.6. The van der Waals surface area contributed by atoms with Gasteiger partial charge in [0.05, 0.1) is 4.90 Å². The molecule has 0 bridgehead atoms. The minimum absolute atomic E-state index is 0.0105. The summed E-state index contributed by atoms with van der Waals surface area (Å²) in [6.45, 7) is 2.19. The molecule has 2 aromatic rings. The maximum Gasteiger partial charge on any atom is 0.471 e. The monoisotopic (exact) mass is 432 g/mol. The van der Waals surface area contributed by atoms with Gasteiger partial charge in [0, 0.05) is 32.1 Å². The van der Waals surface area contributed by atoms with E-state index in [1.807, 2.05) is 0 Å². The second kappa shape index (κ2) is 8.11. The number of rotatable bonds is 5. The Hall–Kier alpha value is -2.47. The molecule has 1 N–H and O–H groups in total. The largest absolute Gasteiger partial charge is 0.471 e. The first kappa shape index (κ1) is 21.2. The topological polar surface area (TPSA) is 105 Å². The van der Waals surface area contributed by atoms with Crippen LogP contribution in [0.1, 0.15) is 24.6 Å². The number of nitrogens with one attached hydrogen (secondary N) is 1. The molecule has 158 valence electrons. The molecule has 12 heteroatoms. The average molecular weight is 432 g/mol. The molecule has 1 aliphatic rings. The molecule has 0 radical (unpaired) electrons. The SMILES string of the molecule is Cc1nc(CC2CCCN(S(=O)(=O)c3cccc(NC(=O)C(F)(F)F)c3)C2)no1. The number of amides is 1. The summed E-state index contributed by atoms with van der Waals surface area (Å²) in [5, 5.41) is 5.50. The summed E-state index contributed by atoms with van der Waals surface area (Å²) >= 11 is 0. The van der Waals surface area contributed by atoms with Gasteiger partial charge in [0.25, 0.3) is 0 Å². The summed E-state index contributed by atoms with van der Waals surface area (Å²) in [6.07, 6.45) is -3.18. The first-order valence-corrected chi connectivity index (χ1v) is 10.3. The van der Waals surface area contributed by atoms with E-state index in [1.54, 1.807) is 12.2 Å². The van der Waals surface area contributed by atoms with Gasteiger partial charge in [-0.15, -0.1) is 0 Å². The lowest BCUT2D eigenvalue weighted by Crippen LogP contribution is -2.40. The Bertz CT molecular complexity index is 991. The number of nitrogens with zero attached hydrogens (tertiary/aromatic N) is 3. The summed E-state index contributed by atoms with van der Waals surface area (Å²) in [5.74, 6) is -1.24. The molecule has 1 aliphatic heterocycles. The molecule has 1 saturated heterocycles. The number of carbonyl (C=O) groups excluding carboxylic acids is 1. The highest BCUT2D eigenvalue weighted by atomic mass is 32.2. The van der Waals surface area contributed by atoms with E-state index in [9.17, 15) is 26.4 Å². The molecule has 1 unspecified atom stereocenters. The fourth-order valence-corrected chi connectivity index (χ4v) is 4.78. The smallest absolute Gasteiger partial charge is 0.340 e. The van der Waals surface area contributed by atoms with Crippen LogP contribution < -0.4 is 5.32 Å². The number of hydrogen-bond donors (Lipinski definition) is 1. The third kappa shape index (κ3) is 5.12. The number of hydrogen-bond acceptors (Lipinski definition) is 6. The summed E-state index contributed by atoms with van der Waals surface area (Å²) < 4.78 is 69.4. The predicted molar refractivity (Wildman–Crippen MR) is 95.3 cm³/mol. The molecule has 0 spiro atoms. The van der Waals surface area contributed by atoms with Crippen LogP contribution in [0.3, 0.4) is 0 Å². The molecule has 1 amide bonds. The lowest BCUT2D eigenvalue weighted by molar-refractivity contribution is -0.167. The van der Waals surface area contributed by atoms with E-state index < -0.39 is 22.1 Å². The van der Waals surface area contributed by atoms with E-state index >= 15 is 0 Å². The zero-order valence-electron chi connectivity index (χ0n) is 15.4. The molecule has 8 nitrogen and oxygen atoms in total. The standard InChI is InChI=1S/C17H19F3N4O4S/c1-11-21-15(23-28-11)8-12-4-3-7-24(10-12)29(26,27)14-6-2-5-13(9-14)22-16(25)17(18,19)20/h2,5-6,9,12H,3-4,7-8,10H2,1H3,(H,22,25). The maximum atomic E-state index is 13.0. The van der Waals surface area contributed by atoms with E-state index in [2.05, 4.69) is 10.1 Å². The second-order valence-electron chi connectivity index (χ2n) is 6.78. The molecule has 29 heavy (non-hydrogen) atoms. The van der Waals surface area contributed by atoms with Crippen molar-refractivity contribution in [3.05, 3.63) is 36.0 Å². The van der Waals surface area contributed by atoms with Gasteiger partial charge in [-0.2, -0.15) is 22.5 Å². The Morgan fingerprint density at radius 3 is 2.79 bits per heavy atom. The predicted octanol–water partition coefficient (Wildman–Crippen LogP) is 2.52. The highest BCUT2D eigenvalue weighted by Crippen LogP contribution is 2.27. The van der Waals surface area contributed by atoms with Crippen molar-refractivity contribution in [2.45, 2.75) is 37.3 Å². The van der Waals surface area contributed by atoms with Gasteiger partial charge in [0.15, 0.2) is 5.82 Å².